The number of aromatic nitrogens is 1. The van der Waals surface area contributed by atoms with E-state index in [0.29, 0.717) is 5.56 Å². The Balaban J connectivity index is 2.17. The Kier molecular flexibility index (Phi) is 4.18. The van der Waals surface area contributed by atoms with E-state index in [-0.39, 0.29) is 5.91 Å². The van der Waals surface area contributed by atoms with Crippen molar-refractivity contribution in [2.75, 3.05) is 0 Å². The summed E-state index contributed by atoms with van der Waals surface area (Å²) in [7, 11) is 0. The van der Waals surface area contributed by atoms with Crippen LogP contribution in [0.3, 0.4) is 0 Å². The van der Waals surface area contributed by atoms with E-state index in [1.807, 2.05) is 31.2 Å². The number of carbonyl (C=O) groups is 1. The van der Waals surface area contributed by atoms with Crippen molar-refractivity contribution in [3.8, 4) is 0 Å². The zero-order valence-corrected chi connectivity index (χ0v) is 14.7. The molecule has 1 heterocycles. The second kappa shape index (κ2) is 6.13. The van der Waals surface area contributed by atoms with E-state index in [0.717, 1.165) is 22.4 Å². The fourth-order valence-corrected chi connectivity index (χ4v) is 3.81. The minimum absolute atomic E-state index is 0.184. The largest absolute Gasteiger partial charge is 0.317 e. The van der Waals surface area contributed by atoms with Crippen LogP contribution in [0, 0.1) is 20.8 Å². The monoisotopic (exact) mass is 324 g/mol. The van der Waals surface area contributed by atoms with Gasteiger partial charge in [0.05, 0.1) is 10.2 Å². The van der Waals surface area contributed by atoms with Crippen LogP contribution in [-0.4, -0.2) is 10.5 Å². The molecule has 1 aromatic heterocycles. The van der Waals surface area contributed by atoms with Crippen molar-refractivity contribution < 1.29 is 4.79 Å². The molecule has 3 aromatic rings. The van der Waals surface area contributed by atoms with Crippen LogP contribution in [0.1, 0.15) is 34.0 Å². The standard InChI is InChI=1S/C19H20N2OS/c1-5-21-16-10-13(3)14(4)11-17(16)23-19(21)20-18(22)15-8-6-7-12(2)9-15/h6-11H,5H2,1-4H3. The van der Waals surface area contributed by atoms with Gasteiger partial charge in [0.25, 0.3) is 5.91 Å². The van der Waals surface area contributed by atoms with Crippen molar-refractivity contribution in [2.24, 2.45) is 4.99 Å². The lowest BCUT2D eigenvalue weighted by molar-refractivity contribution is 0.0998. The lowest BCUT2D eigenvalue weighted by Gasteiger charge is -2.03. The minimum Gasteiger partial charge on any atom is -0.317 e. The SMILES string of the molecule is CCn1c(=NC(=O)c2cccc(C)c2)sc2cc(C)c(C)cc21. The summed E-state index contributed by atoms with van der Waals surface area (Å²) in [4.78, 5) is 17.6. The lowest BCUT2D eigenvalue weighted by Crippen LogP contribution is -2.16. The van der Waals surface area contributed by atoms with Crippen LogP contribution in [0.15, 0.2) is 41.4 Å². The summed E-state index contributed by atoms with van der Waals surface area (Å²) in [5, 5.41) is 0. The third kappa shape index (κ3) is 2.99. The van der Waals surface area contributed by atoms with Gasteiger partial charge in [-0.05, 0) is 63.1 Å². The molecule has 0 unspecified atom stereocenters. The van der Waals surface area contributed by atoms with Gasteiger partial charge >= 0.3 is 0 Å². The first-order chi connectivity index (χ1) is 11.0. The highest BCUT2D eigenvalue weighted by atomic mass is 32.1. The highest BCUT2D eigenvalue weighted by molar-refractivity contribution is 7.16. The zero-order chi connectivity index (χ0) is 16.6. The highest BCUT2D eigenvalue weighted by Crippen LogP contribution is 2.22. The Hall–Kier alpha value is -2.20. The molecule has 0 fully saturated rings. The molecule has 0 bridgehead atoms. The number of rotatable bonds is 2. The third-order valence-corrected chi connectivity index (χ3v) is 5.12. The van der Waals surface area contributed by atoms with Gasteiger partial charge in [-0.2, -0.15) is 4.99 Å². The van der Waals surface area contributed by atoms with Gasteiger partial charge in [0.2, 0.25) is 0 Å². The average Bonchev–Trinajstić information content (AvgIpc) is 2.84. The molecule has 4 heteroatoms. The summed E-state index contributed by atoms with van der Waals surface area (Å²) in [6, 6.07) is 11.9. The minimum atomic E-state index is -0.184. The maximum Gasteiger partial charge on any atom is 0.279 e. The number of carbonyl (C=O) groups excluding carboxylic acids is 1. The average molecular weight is 324 g/mol. The number of benzene rings is 2. The normalized spacial score (nSPS) is 12.1. The fourth-order valence-electron chi connectivity index (χ4n) is 2.64. The van der Waals surface area contributed by atoms with Gasteiger partial charge in [0.15, 0.2) is 4.80 Å². The number of nitrogens with zero attached hydrogens (tertiary/aromatic N) is 2. The Morgan fingerprint density at radius 3 is 2.57 bits per heavy atom. The number of hydrogen-bond donors (Lipinski definition) is 0. The van der Waals surface area contributed by atoms with E-state index >= 15 is 0 Å². The molecule has 0 saturated heterocycles. The molecule has 0 saturated carbocycles. The summed E-state index contributed by atoms with van der Waals surface area (Å²) in [6.07, 6.45) is 0. The molecule has 1 amide bonds. The summed E-state index contributed by atoms with van der Waals surface area (Å²) in [5.74, 6) is -0.184. The van der Waals surface area contributed by atoms with Crippen LogP contribution in [0.4, 0.5) is 0 Å². The first-order valence-corrected chi connectivity index (χ1v) is 8.57. The molecular formula is C19H20N2OS. The molecule has 118 valence electrons. The summed E-state index contributed by atoms with van der Waals surface area (Å²) >= 11 is 1.57. The Labute approximate surface area is 139 Å². The smallest absolute Gasteiger partial charge is 0.279 e. The number of aryl methyl sites for hydroxylation is 4. The van der Waals surface area contributed by atoms with Crippen molar-refractivity contribution >= 4 is 27.5 Å². The quantitative estimate of drug-likeness (QED) is 0.688. The van der Waals surface area contributed by atoms with Gasteiger partial charge in [-0.1, -0.05) is 29.0 Å². The lowest BCUT2D eigenvalue weighted by atomic mass is 10.1. The molecule has 23 heavy (non-hydrogen) atoms. The van der Waals surface area contributed by atoms with Crippen molar-refractivity contribution in [1.29, 1.82) is 0 Å². The number of amides is 1. The van der Waals surface area contributed by atoms with Gasteiger partial charge in [0.1, 0.15) is 0 Å². The van der Waals surface area contributed by atoms with Crippen molar-refractivity contribution in [3.05, 3.63) is 63.5 Å². The summed E-state index contributed by atoms with van der Waals surface area (Å²) in [5.41, 5.74) is 5.37. The van der Waals surface area contributed by atoms with E-state index in [1.165, 1.54) is 15.8 Å². The molecule has 3 nitrogen and oxygen atoms in total. The fraction of sp³-hybridized carbons (Fsp3) is 0.263. The van der Waals surface area contributed by atoms with Gasteiger partial charge < -0.3 is 4.57 Å². The summed E-state index contributed by atoms with van der Waals surface area (Å²) < 4.78 is 3.28. The second-order valence-electron chi connectivity index (χ2n) is 5.82. The van der Waals surface area contributed by atoms with Crippen LogP contribution < -0.4 is 4.80 Å². The Bertz CT molecular complexity index is 963. The van der Waals surface area contributed by atoms with Crippen LogP contribution in [0.2, 0.25) is 0 Å². The molecule has 0 spiro atoms. The second-order valence-corrected chi connectivity index (χ2v) is 6.83. The Morgan fingerprint density at radius 2 is 1.87 bits per heavy atom. The number of thiazole rings is 1. The number of fused-ring (bicyclic) bond motifs is 1. The van der Waals surface area contributed by atoms with E-state index in [4.69, 9.17) is 0 Å². The van der Waals surface area contributed by atoms with Crippen LogP contribution in [0.5, 0.6) is 0 Å². The van der Waals surface area contributed by atoms with Gasteiger partial charge in [-0.3, -0.25) is 4.79 Å². The molecule has 0 aliphatic carbocycles. The molecule has 0 aliphatic heterocycles. The van der Waals surface area contributed by atoms with Crippen molar-refractivity contribution in [2.45, 2.75) is 34.2 Å². The van der Waals surface area contributed by atoms with Crippen LogP contribution in [-0.2, 0) is 6.54 Å². The molecule has 0 atom stereocenters. The van der Waals surface area contributed by atoms with Gasteiger partial charge in [-0.15, -0.1) is 0 Å². The maximum atomic E-state index is 12.5. The first-order valence-electron chi connectivity index (χ1n) is 7.76. The molecule has 0 N–H and O–H groups in total. The summed E-state index contributed by atoms with van der Waals surface area (Å²) in [6.45, 7) is 9.08. The highest BCUT2D eigenvalue weighted by Gasteiger charge is 2.09. The third-order valence-electron chi connectivity index (χ3n) is 4.08. The molecule has 2 aromatic carbocycles. The number of hydrogen-bond acceptors (Lipinski definition) is 2. The van der Waals surface area contributed by atoms with Crippen LogP contribution >= 0.6 is 11.3 Å². The molecule has 3 rings (SSSR count). The predicted molar refractivity (Wildman–Crippen MR) is 96.0 cm³/mol. The zero-order valence-electron chi connectivity index (χ0n) is 13.9. The van der Waals surface area contributed by atoms with E-state index in [9.17, 15) is 4.79 Å². The van der Waals surface area contributed by atoms with E-state index in [1.54, 1.807) is 11.3 Å². The first kappa shape index (κ1) is 15.7. The van der Waals surface area contributed by atoms with Crippen LogP contribution in [0.25, 0.3) is 10.2 Å². The van der Waals surface area contributed by atoms with Crippen molar-refractivity contribution in [1.82, 2.24) is 4.57 Å². The van der Waals surface area contributed by atoms with Crippen molar-refractivity contribution in [3.63, 3.8) is 0 Å². The molecule has 0 aliphatic rings. The van der Waals surface area contributed by atoms with Gasteiger partial charge in [0, 0.05) is 12.1 Å². The molecule has 0 radical (unpaired) electrons. The molecular weight excluding hydrogens is 304 g/mol. The van der Waals surface area contributed by atoms with E-state index < -0.39 is 0 Å². The maximum absolute atomic E-state index is 12.5. The predicted octanol–water partition coefficient (Wildman–Crippen LogP) is 4.39. The Morgan fingerprint density at radius 1 is 1.13 bits per heavy atom. The van der Waals surface area contributed by atoms with Gasteiger partial charge in [-0.25, -0.2) is 0 Å². The topological polar surface area (TPSA) is 34.4 Å². The van der Waals surface area contributed by atoms with E-state index in [2.05, 4.69) is 42.5 Å².